The van der Waals surface area contributed by atoms with Crippen LogP contribution < -0.4 is 0 Å². The molecule has 0 N–H and O–H groups in total. The monoisotopic (exact) mass is 272 g/mol. The molecule has 1 aromatic rings. The first-order valence-corrected chi connectivity index (χ1v) is 5.87. The number of carbonyl (C=O) groups is 2. The maximum Gasteiger partial charge on any atom is 0.332 e. The Kier molecular flexibility index (Phi) is 4.05. The SMILES string of the molecule is CC(=O)O/N=C1C=C/C(=N/OC(C)=O)c2ccccc2/1. The van der Waals surface area contributed by atoms with E-state index >= 15 is 0 Å². The second-order valence-corrected chi connectivity index (χ2v) is 4.00. The summed E-state index contributed by atoms with van der Waals surface area (Å²) in [7, 11) is 0. The van der Waals surface area contributed by atoms with Crippen LogP contribution in [0.3, 0.4) is 0 Å². The van der Waals surface area contributed by atoms with Crippen molar-refractivity contribution in [1.82, 2.24) is 0 Å². The van der Waals surface area contributed by atoms with Crippen molar-refractivity contribution in [2.75, 3.05) is 0 Å². The number of rotatable bonds is 2. The van der Waals surface area contributed by atoms with E-state index in [9.17, 15) is 9.59 Å². The summed E-state index contributed by atoms with van der Waals surface area (Å²) in [5.41, 5.74) is 2.47. The Morgan fingerprint density at radius 3 is 1.60 bits per heavy atom. The highest BCUT2D eigenvalue weighted by atomic mass is 16.7. The van der Waals surface area contributed by atoms with Crippen LogP contribution in [-0.2, 0) is 19.3 Å². The molecule has 0 heterocycles. The average Bonchev–Trinajstić information content (AvgIpc) is 2.43. The van der Waals surface area contributed by atoms with Crippen LogP contribution >= 0.6 is 0 Å². The highest BCUT2D eigenvalue weighted by Gasteiger charge is 2.17. The summed E-state index contributed by atoms with van der Waals surface area (Å²) in [6.45, 7) is 2.55. The van der Waals surface area contributed by atoms with E-state index in [4.69, 9.17) is 0 Å². The molecule has 0 saturated carbocycles. The van der Waals surface area contributed by atoms with Gasteiger partial charge in [-0.15, -0.1) is 0 Å². The van der Waals surface area contributed by atoms with Crippen molar-refractivity contribution in [3.05, 3.63) is 47.5 Å². The number of fused-ring (bicyclic) bond motifs is 1. The fourth-order valence-electron chi connectivity index (χ4n) is 1.65. The lowest BCUT2D eigenvalue weighted by molar-refractivity contribution is -0.141. The van der Waals surface area contributed by atoms with Gasteiger partial charge in [0.25, 0.3) is 0 Å². The summed E-state index contributed by atoms with van der Waals surface area (Å²) >= 11 is 0. The zero-order valence-electron chi connectivity index (χ0n) is 11.0. The first-order chi connectivity index (χ1) is 9.58. The third-order valence-corrected chi connectivity index (χ3v) is 2.42. The molecule has 0 aromatic heterocycles. The van der Waals surface area contributed by atoms with Crippen molar-refractivity contribution in [1.29, 1.82) is 0 Å². The van der Waals surface area contributed by atoms with Crippen molar-refractivity contribution in [3.63, 3.8) is 0 Å². The molecule has 0 radical (unpaired) electrons. The molecule has 6 nitrogen and oxygen atoms in total. The molecule has 2 rings (SSSR count). The second-order valence-electron chi connectivity index (χ2n) is 4.00. The van der Waals surface area contributed by atoms with Gasteiger partial charge in [0.1, 0.15) is 11.4 Å². The Hall–Kier alpha value is -2.76. The average molecular weight is 272 g/mol. The maximum absolute atomic E-state index is 10.8. The molecular weight excluding hydrogens is 260 g/mol. The molecule has 20 heavy (non-hydrogen) atoms. The Morgan fingerprint density at radius 2 is 1.25 bits per heavy atom. The maximum atomic E-state index is 10.8. The quantitative estimate of drug-likeness (QED) is 0.607. The third kappa shape index (κ3) is 3.17. The predicted octanol–water partition coefficient (Wildman–Crippen LogP) is 1.79. The van der Waals surface area contributed by atoms with Crippen LogP contribution in [0.5, 0.6) is 0 Å². The molecule has 0 fully saturated rings. The highest BCUT2D eigenvalue weighted by molar-refractivity contribution is 6.25. The lowest BCUT2D eigenvalue weighted by Crippen LogP contribution is -2.14. The Morgan fingerprint density at radius 1 is 0.850 bits per heavy atom. The van der Waals surface area contributed by atoms with E-state index in [1.807, 2.05) is 24.3 Å². The van der Waals surface area contributed by atoms with Crippen molar-refractivity contribution in [3.8, 4) is 0 Å². The molecule has 0 saturated heterocycles. The third-order valence-electron chi connectivity index (χ3n) is 2.42. The van der Waals surface area contributed by atoms with Crippen molar-refractivity contribution in [2.45, 2.75) is 13.8 Å². The Balaban J connectivity index is 2.39. The first kappa shape index (κ1) is 13.7. The van der Waals surface area contributed by atoms with Crippen molar-refractivity contribution in [2.24, 2.45) is 10.3 Å². The zero-order valence-corrected chi connectivity index (χ0v) is 11.0. The van der Waals surface area contributed by atoms with Gasteiger partial charge in [-0.3, -0.25) is 0 Å². The summed E-state index contributed by atoms with van der Waals surface area (Å²) in [5.74, 6) is -0.995. The first-order valence-electron chi connectivity index (χ1n) is 5.87. The van der Waals surface area contributed by atoms with Crippen LogP contribution in [0.2, 0.25) is 0 Å². The minimum atomic E-state index is -0.497. The summed E-state index contributed by atoms with van der Waals surface area (Å²) in [6, 6.07) is 7.27. The molecule has 0 unspecified atom stereocenters. The number of allylic oxidation sites excluding steroid dienone is 2. The van der Waals surface area contributed by atoms with Gasteiger partial charge in [0.15, 0.2) is 0 Å². The van der Waals surface area contributed by atoms with Gasteiger partial charge in [0.05, 0.1) is 0 Å². The second kappa shape index (κ2) is 5.92. The Bertz CT molecular complexity index is 589. The van der Waals surface area contributed by atoms with Crippen molar-refractivity contribution < 1.29 is 19.3 Å². The van der Waals surface area contributed by atoms with E-state index in [0.717, 1.165) is 11.1 Å². The van der Waals surface area contributed by atoms with E-state index in [2.05, 4.69) is 20.0 Å². The fourth-order valence-corrected chi connectivity index (χ4v) is 1.65. The molecule has 0 atom stereocenters. The molecule has 1 aromatic carbocycles. The normalized spacial score (nSPS) is 16.9. The van der Waals surface area contributed by atoms with Crippen LogP contribution in [-0.4, -0.2) is 23.4 Å². The van der Waals surface area contributed by atoms with Gasteiger partial charge in [-0.25, -0.2) is 9.59 Å². The molecule has 0 spiro atoms. The largest absolute Gasteiger partial charge is 0.332 e. The van der Waals surface area contributed by atoms with E-state index in [0.29, 0.717) is 11.4 Å². The van der Waals surface area contributed by atoms with Crippen LogP contribution in [0.4, 0.5) is 0 Å². The summed E-state index contributed by atoms with van der Waals surface area (Å²) in [4.78, 5) is 30.9. The van der Waals surface area contributed by atoms with Gasteiger partial charge in [0.2, 0.25) is 0 Å². The lowest BCUT2D eigenvalue weighted by atomic mass is 9.94. The summed E-state index contributed by atoms with van der Waals surface area (Å²) in [5, 5.41) is 7.54. The smallest absolute Gasteiger partial charge is 0.318 e. The number of benzene rings is 1. The van der Waals surface area contributed by atoms with Gasteiger partial charge in [-0.1, -0.05) is 34.6 Å². The molecule has 0 bridgehead atoms. The van der Waals surface area contributed by atoms with Crippen LogP contribution in [0.15, 0.2) is 46.7 Å². The minimum Gasteiger partial charge on any atom is -0.318 e. The zero-order chi connectivity index (χ0) is 14.5. The van der Waals surface area contributed by atoms with Crippen LogP contribution in [0, 0.1) is 0 Å². The van der Waals surface area contributed by atoms with E-state index in [1.165, 1.54) is 13.8 Å². The number of hydrogen-bond acceptors (Lipinski definition) is 6. The molecule has 0 amide bonds. The molecule has 6 heteroatoms. The van der Waals surface area contributed by atoms with E-state index < -0.39 is 11.9 Å². The van der Waals surface area contributed by atoms with Gasteiger partial charge in [0, 0.05) is 25.0 Å². The standard InChI is InChI=1S/C14H12N2O4/c1-9(17)19-15-13-7-8-14(16-20-10(2)18)12-6-4-3-5-11(12)13/h3-8H,1-2H3/b15-13-,16-14-. The number of nitrogens with zero attached hydrogens (tertiary/aromatic N) is 2. The van der Waals surface area contributed by atoms with Crippen molar-refractivity contribution >= 4 is 23.4 Å². The predicted molar refractivity (Wildman–Crippen MR) is 72.2 cm³/mol. The van der Waals surface area contributed by atoms with Gasteiger partial charge in [-0.05, 0) is 12.2 Å². The summed E-state index contributed by atoms with van der Waals surface area (Å²) < 4.78 is 0. The molecule has 0 aliphatic heterocycles. The van der Waals surface area contributed by atoms with Gasteiger partial charge in [-0.2, -0.15) is 0 Å². The molecule has 1 aliphatic rings. The van der Waals surface area contributed by atoms with Crippen LogP contribution in [0.1, 0.15) is 25.0 Å². The molecule has 1 aliphatic carbocycles. The van der Waals surface area contributed by atoms with E-state index in [-0.39, 0.29) is 0 Å². The fraction of sp³-hybridized carbons (Fsp3) is 0.143. The van der Waals surface area contributed by atoms with Gasteiger partial charge >= 0.3 is 11.9 Å². The minimum absolute atomic E-state index is 0.497. The Labute approximate surface area is 115 Å². The highest BCUT2D eigenvalue weighted by Crippen LogP contribution is 2.18. The molecule has 102 valence electrons. The number of hydrogen-bond donors (Lipinski definition) is 0. The number of oxime groups is 2. The topological polar surface area (TPSA) is 77.3 Å². The number of carbonyl (C=O) groups excluding carboxylic acids is 2. The molecular formula is C14H12N2O4. The van der Waals surface area contributed by atoms with E-state index in [1.54, 1.807) is 12.2 Å². The van der Waals surface area contributed by atoms with Crippen LogP contribution in [0.25, 0.3) is 0 Å². The van der Waals surface area contributed by atoms with Gasteiger partial charge < -0.3 is 9.68 Å². The summed E-state index contributed by atoms with van der Waals surface area (Å²) in [6.07, 6.45) is 3.27. The lowest BCUT2D eigenvalue weighted by Gasteiger charge is -2.13.